The van der Waals surface area contributed by atoms with E-state index in [0.29, 0.717) is 5.69 Å². The molecule has 0 aromatic heterocycles. The van der Waals surface area contributed by atoms with Crippen LogP contribution in [0, 0.1) is 5.82 Å². The first-order valence-corrected chi connectivity index (χ1v) is 4.44. The van der Waals surface area contributed by atoms with Crippen LogP contribution in [0.4, 0.5) is 10.1 Å². The Morgan fingerprint density at radius 2 is 2.27 bits per heavy atom. The fourth-order valence-electron chi connectivity index (χ4n) is 1.01. The molecule has 1 atom stereocenters. The highest BCUT2D eigenvalue weighted by Gasteiger charge is 2.11. The molecular formula is C10H13FN2O2. The van der Waals surface area contributed by atoms with Gasteiger partial charge in [0, 0.05) is 6.07 Å². The second-order valence-electron chi connectivity index (χ2n) is 3.12. The van der Waals surface area contributed by atoms with Gasteiger partial charge in [0.2, 0.25) is 5.91 Å². The lowest BCUT2D eigenvalue weighted by molar-refractivity contribution is -0.117. The summed E-state index contributed by atoms with van der Waals surface area (Å²) in [5.41, 5.74) is 5.78. The quantitative estimate of drug-likeness (QED) is 0.789. The summed E-state index contributed by atoms with van der Waals surface area (Å²) in [5, 5.41) is 2.53. The van der Waals surface area contributed by atoms with E-state index in [2.05, 4.69) is 5.32 Å². The van der Waals surface area contributed by atoms with Gasteiger partial charge in [-0.25, -0.2) is 4.39 Å². The molecule has 0 aliphatic heterocycles. The predicted molar refractivity (Wildman–Crippen MR) is 55.2 cm³/mol. The Labute approximate surface area is 87.2 Å². The van der Waals surface area contributed by atoms with Gasteiger partial charge in [-0.3, -0.25) is 4.79 Å². The number of carbonyl (C=O) groups excluding carboxylic acids is 1. The number of hydrogen-bond acceptors (Lipinski definition) is 3. The Balaban J connectivity index is 2.89. The molecule has 3 N–H and O–H groups in total. The third-order valence-corrected chi connectivity index (χ3v) is 1.84. The Hall–Kier alpha value is -1.62. The van der Waals surface area contributed by atoms with Crippen molar-refractivity contribution in [2.45, 2.75) is 13.0 Å². The molecule has 1 amide bonds. The van der Waals surface area contributed by atoms with Crippen molar-refractivity contribution in [1.82, 2.24) is 0 Å². The van der Waals surface area contributed by atoms with E-state index in [9.17, 15) is 9.18 Å². The maximum absolute atomic E-state index is 12.8. The van der Waals surface area contributed by atoms with Crippen LogP contribution in [-0.2, 0) is 4.79 Å². The normalized spacial score (nSPS) is 12.0. The molecule has 1 rings (SSSR count). The van der Waals surface area contributed by atoms with Gasteiger partial charge in [-0.05, 0) is 19.1 Å². The number of methoxy groups -OCH3 is 1. The highest BCUT2D eigenvalue weighted by molar-refractivity contribution is 5.95. The zero-order valence-electron chi connectivity index (χ0n) is 8.58. The van der Waals surface area contributed by atoms with Gasteiger partial charge in [-0.15, -0.1) is 0 Å². The Morgan fingerprint density at radius 3 is 2.80 bits per heavy atom. The fourth-order valence-corrected chi connectivity index (χ4v) is 1.01. The molecular weight excluding hydrogens is 199 g/mol. The zero-order chi connectivity index (χ0) is 11.4. The zero-order valence-corrected chi connectivity index (χ0v) is 8.58. The third-order valence-electron chi connectivity index (χ3n) is 1.84. The van der Waals surface area contributed by atoms with E-state index in [1.54, 1.807) is 6.92 Å². The summed E-state index contributed by atoms with van der Waals surface area (Å²) in [6, 6.07) is 3.23. The number of benzene rings is 1. The molecule has 1 aromatic rings. The summed E-state index contributed by atoms with van der Waals surface area (Å²) >= 11 is 0. The lowest BCUT2D eigenvalue weighted by atomic mass is 10.2. The number of ether oxygens (including phenoxy) is 1. The molecule has 0 bridgehead atoms. The molecule has 4 nitrogen and oxygen atoms in total. The number of nitrogens with one attached hydrogen (secondary N) is 1. The van der Waals surface area contributed by atoms with Crippen molar-refractivity contribution < 1.29 is 13.9 Å². The smallest absolute Gasteiger partial charge is 0.241 e. The molecule has 0 spiro atoms. The first-order valence-electron chi connectivity index (χ1n) is 4.44. The van der Waals surface area contributed by atoms with E-state index in [0.717, 1.165) is 0 Å². The molecule has 0 saturated carbocycles. The van der Waals surface area contributed by atoms with Gasteiger partial charge < -0.3 is 15.8 Å². The Bertz CT molecular complexity index is 366. The first-order chi connectivity index (χ1) is 7.04. The predicted octanol–water partition coefficient (Wildman–Crippen LogP) is 1.12. The van der Waals surface area contributed by atoms with Gasteiger partial charge in [0.1, 0.15) is 11.6 Å². The van der Waals surface area contributed by atoms with Crippen molar-refractivity contribution in [3.05, 3.63) is 24.0 Å². The largest absolute Gasteiger partial charge is 0.494 e. The molecule has 0 unspecified atom stereocenters. The molecule has 82 valence electrons. The van der Waals surface area contributed by atoms with Crippen molar-refractivity contribution >= 4 is 11.6 Å². The summed E-state index contributed by atoms with van der Waals surface area (Å²) in [5.74, 6) is -0.505. The van der Waals surface area contributed by atoms with Gasteiger partial charge in [0.15, 0.2) is 0 Å². The van der Waals surface area contributed by atoms with Crippen LogP contribution in [0.25, 0.3) is 0 Å². The minimum Gasteiger partial charge on any atom is -0.494 e. The van der Waals surface area contributed by atoms with Crippen LogP contribution < -0.4 is 15.8 Å². The van der Waals surface area contributed by atoms with Gasteiger partial charge in [0.05, 0.1) is 18.8 Å². The minimum atomic E-state index is -0.625. The molecule has 15 heavy (non-hydrogen) atoms. The second kappa shape index (κ2) is 4.75. The topological polar surface area (TPSA) is 64.3 Å². The molecule has 5 heteroatoms. The van der Waals surface area contributed by atoms with E-state index in [1.807, 2.05) is 0 Å². The van der Waals surface area contributed by atoms with Crippen LogP contribution in [0.3, 0.4) is 0 Å². The number of nitrogens with two attached hydrogens (primary N) is 1. The summed E-state index contributed by atoms with van der Waals surface area (Å²) < 4.78 is 17.7. The summed E-state index contributed by atoms with van der Waals surface area (Å²) in [7, 11) is 1.40. The molecule has 0 radical (unpaired) electrons. The van der Waals surface area contributed by atoms with Crippen LogP contribution in [0.1, 0.15) is 6.92 Å². The van der Waals surface area contributed by atoms with Crippen LogP contribution in [-0.4, -0.2) is 19.1 Å². The van der Waals surface area contributed by atoms with E-state index in [4.69, 9.17) is 10.5 Å². The van der Waals surface area contributed by atoms with Crippen molar-refractivity contribution in [2.24, 2.45) is 5.73 Å². The molecule has 0 aliphatic rings. The van der Waals surface area contributed by atoms with Crippen molar-refractivity contribution in [3.63, 3.8) is 0 Å². The maximum atomic E-state index is 12.8. The summed E-state index contributed by atoms with van der Waals surface area (Å²) in [4.78, 5) is 11.3. The fraction of sp³-hybridized carbons (Fsp3) is 0.300. The lowest BCUT2D eigenvalue weighted by Crippen LogP contribution is -2.32. The van der Waals surface area contributed by atoms with Crippen LogP contribution >= 0.6 is 0 Å². The van der Waals surface area contributed by atoms with E-state index >= 15 is 0 Å². The standard InChI is InChI=1S/C10H13FN2O2/c1-6(12)10(14)13-8-4-3-7(11)5-9(8)15-2/h3-6H,12H2,1-2H3,(H,13,14)/t6-/m1/s1. The average molecular weight is 212 g/mol. The van der Waals surface area contributed by atoms with Crippen LogP contribution in [0.5, 0.6) is 5.75 Å². The molecule has 0 saturated heterocycles. The number of rotatable bonds is 3. The summed E-state index contributed by atoms with van der Waals surface area (Å²) in [6.45, 7) is 1.56. The van der Waals surface area contributed by atoms with Gasteiger partial charge in [-0.2, -0.15) is 0 Å². The van der Waals surface area contributed by atoms with Gasteiger partial charge in [-0.1, -0.05) is 0 Å². The van der Waals surface area contributed by atoms with E-state index < -0.39 is 11.9 Å². The molecule has 0 heterocycles. The third kappa shape index (κ3) is 2.92. The highest BCUT2D eigenvalue weighted by Crippen LogP contribution is 2.24. The number of anilines is 1. The molecule has 1 aromatic carbocycles. The second-order valence-corrected chi connectivity index (χ2v) is 3.12. The summed E-state index contributed by atoms with van der Waals surface area (Å²) in [6.07, 6.45) is 0. The van der Waals surface area contributed by atoms with Crippen LogP contribution in [0.15, 0.2) is 18.2 Å². The van der Waals surface area contributed by atoms with Crippen LogP contribution in [0.2, 0.25) is 0 Å². The average Bonchev–Trinajstić information content (AvgIpc) is 2.20. The van der Waals surface area contributed by atoms with Crippen molar-refractivity contribution in [1.29, 1.82) is 0 Å². The minimum absolute atomic E-state index is 0.268. The Kier molecular flexibility index (Phi) is 3.62. The number of halogens is 1. The van der Waals surface area contributed by atoms with Gasteiger partial charge in [0.25, 0.3) is 0 Å². The van der Waals surface area contributed by atoms with E-state index in [-0.39, 0.29) is 11.7 Å². The van der Waals surface area contributed by atoms with Crippen molar-refractivity contribution in [3.8, 4) is 5.75 Å². The molecule has 0 fully saturated rings. The SMILES string of the molecule is COc1cc(F)ccc1NC(=O)[C@@H](C)N. The lowest BCUT2D eigenvalue weighted by Gasteiger charge is -2.11. The number of hydrogen-bond donors (Lipinski definition) is 2. The Morgan fingerprint density at radius 1 is 1.60 bits per heavy atom. The number of carbonyl (C=O) groups is 1. The highest BCUT2D eigenvalue weighted by atomic mass is 19.1. The van der Waals surface area contributed by atoms with E-state index in [1.165, 1.54) is 25.3 Å². The molecule has 0 aliphatic carbocycles. The van der Waals surface area contributed by atoms with Crippen molar-refractivity contribution in [2.75, 3.05) is 12.4 Å². The maximum Gasteiger partial charge on any atom is 0.241 e. The number of amides is 1. The van der Waals surface area contributed by atoms with Gasteiger partial charge >= 0.3 is 0 Å². The monoisotopic (exact) mass is 212 g/mol. The first kappa shape index (κ1) is 11.5.